The average molecular weight is 351 g/mol. The van der Waals surface area contributed by atoms with E-state index in [1.54, 1.807) is 25.7 Å². The topological polar surface area (TPSA) is 9.23 Å². The summed E-state index contributed by atoms with van der Waals surface area (Å²) in [6.07, 6.45) is 25.3. The molecule has 0 saturated heterocycles. The third-order valence-electron chi connectivity index (χ3n) is 7.32. The van der Waals surface area contributed by atoms with Gasteiger partial charge in [0.05, 0.1) is 0 Å². The lowest BCUT2D eigenvalue weighted by Gasteiger charge is -2.37. The van der Waals surface area contributed by atoms with Crippen molar-refractivity contribution in [3.8, 4) is 0 Å². The second-order valence-corrected chi connectivity index (χ2v) is 9.28. The van der Waals surface area contributed by atoms with Crippen molar-refractivity contribution in [2.75, 3.05) is 13.7 Å². The summed E-state index contributed by atoms with van der Waals surface area (Å²) in [5.74, 6) is 4.05. The highest BCUT2D eigenvalue weighted by atomic mass is 16.5. The summed E-state index contributed by atoms with van der Waals surface area (Å²) in [5.41, 5.74) is 0. The first-order valence-corrected chi connectivity index (χ1v) is 11.8. The van der Waals surface area contributed by atoms with Crippen LogP contribution in [0.4, 0.5) is 0 Å². The van der Waals surface area contributed by atoms with E-state index in [0.717, 1.165) is 30.3 Å². The van der Waals surface area contributed by atoms with E-state index in [1.165, 1.54) is 83.5 Å². The summed E-state index contributed by atoms with van der Waals surface area (Å²) in [7, 11) is 1.86. The van der Waals surface area contributed by atoms with Crippen LogP contribution >= 0.6 is 0 Å². The number of hydrogen-bond acceptors (Lipinski definition) is 1. The highest BCUT2D eigenvalue weighted by Gasteiger charge is 2.30. The molecule has 0 atom stereocenters. The van der Waals surface area contributed by atoms with Gasteiger partial charge in [0.1, 0.15) is 0 Å². The summed E-state index contributed by atoms with van der Waals surface area (Å²) in [5, 5.41) is 0. The Hall–Kier alpha value is -0.0400. The Morgan fingerprint density at radius 1 is 0.600 bits per heavy atom. The molecule has 0 heterocycles. The fourth-order valence-corrected chi connectivity index (χ4v) is 5.58. The first-order chi connectivity index (χ1) is 12.3. The maximum absolute atomic E-state index is 5.36. The second-order valence-electron chi connectivity index (χ2n) is 9.28. The average Bonchev–Trinajstić information content (AvgIpc) is 2.65. The molecular weight excluding hydrogens is 304 g/mol. The minimum Gasteiger partial charge on any atom is -0.384 e. The van der Waals surface area contributed by atoms with Gasteiger partial charge in [0, 0.05) is 13.7 Å². The van der Waals surface area contributed by atoms with Crippen LogP contribution in [0.15, 0.2) is 0 Å². The zero-order valence-corrected chi connectivity index (χ0v) is 17.4. The van der Waals surface area contributed by atoms with Gasteiger partial charge in [-0.1, -0.05) is 77.6 Å². The molecule has 2 fully saturated rings. The Morgan fingerprint density at radius 2 is 1.08 bits per heavy atom. The predicted octanol–water partition coefficient (Wildman–Crippen LogP) is 7.78. The number of hydrogen-bond donors (Lipinski definition) is 0. The number of unbranched alkanes of at least 4 members (excludes halogenated alkanes) is 7. The van der Waals surface area contributed by atoms with Crippen LogP contribution in [0.25, 0.3) is 0 Å². The molecule has 1 nitrogen and oxygen atoms in total. The van der Waals surface area contributed by atoms with Gasteiger partial charge in [-0.2, -0.15) is 0 Å². The van der Waals surface area contributed by atoms with E-state index in [1.807, 2.05) is 7.11 Å². The van der Waals surface area contributed by atoms with Crippen LogP contribution in [-0.2, 0) is 4.74 Å². The molecule has 2 aliphatic rings. The first kappa shape index (κ1) is 21.3. The lowest BCUT2D eigenvalue weighted by Crippen LogP contribution is -2.27. The van der Waals surface area contributed by atoms with Crippen molar-refractivity contribution in [3.05, 3.63) is 0 Å². The van der Waals surface area contributed by atoms with Crippen LogP contribution in [0, 0.1) is 23.7 Å². The Bertz CT molecular complexity index is 297. The molecule has 0 radical (unpaired) electrons. The number of methoxy groups -OCH3 is 1. The zero-order chi connectivity index (χ0) is 17.7. The Kier molecular flexibility index (Phi) is 11.2. The fourth-order valence-electron chi connectivity index (χ4n) is 5.58. The summed E-state index contributed by atoms with van der Waals surface area (Å²) >= 11 is 0. The van der Waals surface area contributed by atoms with Crippen LogP contribution in [0.1, 0.15) is 116 Å². The minimum absolute atomic E-state index is 0.861. The largest absolute Gasteiger partial charge is 0.384 e. The van der Waals surface area contributed by atoms with E-state index < -0.39 is 0 Å². The smallest absolute Gasteiger partial charge is 0.0490 e. The normalized spacial score (nSPS) is 30.5. The van der Waals surface area contributed by atoms with Gasteiger partial charge >= 0.3 is 0 Å². The molecule has 2 saturated carbocycles. The van der Waals surface area contributed by atoms with Gasteiger partial charge in [-0.3, -0.25) is 0 Å². The van der Waals surface area contributed by atoms with Gasteiger partial charge in [-0.05, 0) is 62.2 Å². The highest BCUT2D eigenvalue weighted by molar-refractivity contribution is 4.82. The molecule has 0 spiro atoms. The molecular formula is C24H46O. The maximum atomic E-state index is 5.36. The van der Waals surface area contributed by atoms with Crippen LogP contribution in [0.5, 0.6) is 0 Å². The van der Waals surface area contributed by atoms with E-state index in [9.17, 15) is 0 Å². The van der Waals surface area contributed by atoms with E-state index in [2.05, 4.69) is 6.92 Å². The van der Waals surface area contributed by atoms with E-state index in [4.69, 9.17) is 4.74 Å². The molecule has 0 bridgehead atoms. The van der Waals surface area contributed by atoms with Gasteiger partial charge in [-0.25, -0.2) is 0 Å². The molecule has 0 aromatic rings. The first-order valence-electron chi connectivity index (χ1n) is 11.8. The van der Waals surface area contributed by atoms with Gasteiger partial charge in [0.2, 0.25) is 0 Å². The summed E-state index contributed by atoms with van der Waals surface area (Å²) in [4.78, 5) is 0. The molecule has 25 heavy (non-hydrogen) atoms. The molecule has 0 aliphatic heterocycles. The second kappa shape index (κ2) is 13.2. The summed E-state index contributed by atoms with van der Waals surface area (Å²) < 4.78 is 5.36. The van der Waals surface area contributed by atoms with Crippen molar-refractivity contribution in [1.82, 2.24) is 0 Å². The minimum atomic E-state index is 0.861. The van der Waals surface area contributed by atoms with E-state index in [0.29, 0.717) is 0 Å². The molecule has 2 aliphatic carbocycles. The lowest BCUT2D eigenvalue weighted by atomic mass is 9.69. The van der Waals surface area contributed by atoms with Crippen molar-refractivity contribution in [1.29, 1.82) is 0 Å². The molecule has 1 heteroatoms. The molecule has 0 N–H and O–H groups in total. The van der Waals surface area contributed by atoms with E-state index >= 15 is 0 Å². The van der Waals surface area contributed by atoms with Crippen molar-refractivity contribution < 1.29 is 4.74 Å². The third kappa shape index (κ3) is 8.46. The Morgan fingerprint density at radius 3 is 1.60 bits per heavy atom. The number of ether oxygens (including phenoxy) is 1. The van der Waals surface area contributed by atoms with Crippen molar-refractivity contribution in [2.45, 2.75) is 116 Å². The lowest BCUT2D eigenvalue weighted by molar-refractivity contribution is 0.0925. The highest BCUT2D eigenvalue weighted by Crippen LogP contribution is 2.42. The molecule has 148 valence electrons. The van der Waals surface area contributed by atoms with Crippen molar-refractivity contribution >= 4 is 0 Å². The van der Waals surface area contributed by atoms with Crippen molar-refractivity contribution in [2.24, 2.45) is 23.7 Å². The van der Waals surface area contributed by atoms with Crippen LogP contribution in [0.3, 0.4) is 0 Å². The number of rotatable bonds is 12. The summed E-state index contributed by atoms with van der Waals surface area (Å²) in [6, 6.07) is 0. The van der Waals surface area contributed by atoms with Gasteiger partial charge < -0.3 is 4.74 Å². The molecule has 0 aromatic heterocycles. The molecule has 2 rings (SSSR count). The fraction of sp³-hybridized carbons (Fsp3) is 1.00. The molecule has 0 unspecified atom stereocenters. The third-order valence-corrected chi connectivity index (χ3v) is 7.32. The van der Waals surface area contributed by atoms with Crippen LogP contribution in [-0.4, -0.2) is 13.7 Å². The van der Waals surface area contributed by atoms with Gasteiger partial charge in [0.25, 0.3) is 0 Å². The molecule has 0 amide bonds. The van der Waals surface area contributed by atoms with Crippen LogP contribution in [0.2, 0.25) is 0 Å². The standard InChI is InChI=1S/C24H46O/c1-3-4-5-6-7-8-9-10-11-21-12-16-23(17-13-21)24-18-14-22(15-19-24)20-25-2/h21-24H,3-20H2,1-2H3/t21?,22-,23?,24-. The van der Waals surface area contributed by atoms with Gasteiger partial charge in [-0.15, -0.1) is 0 Å². The Balaban J connectivity index is 1.46. The van der Waals surface area contributed by atoms with E-state index in [-0.39, 0.29) is 0 Å². The SMILES string of the molecule is CCCCCCCCCCC1CCC([C@H]2CC[C@H](COC)CC2)CC1. The summed E-state index contributed by atoms with van der Waals surface area (Å²) in [6.45, 7) is 3.30. The Labute approximate surface area is 158 Å². The maximum Gasteiger partial charge on any atom is 0.0490 e. The predicted molar refractivity (Wildman–Crippen MR) is 110 cm³/mol. The van der Waals surface area contributed by atoms with Crippen LogP contribution < -0.4 is 0 Å². The quantitative estimate of drug-likeness (QED) is 0.326. The van der Waals surface area contributed by atoms with Gasteiger partial charge in [0.15, 0.2) is 0 Å². The molecule has 0 aromatic carbocycles. The zero-order valence-electron chi connectivity index (χ0n) is 17.4. The monoisotopic (exact) mass is 350 g/mol. The van der Waals surface area contributed by atoms with Crippen molar-refractivity contribution in [3.63, 3.8) is 0 Å².